The van der Waals surface area contributed by atoms with Crippen LogP contribution in [-0.4, -0.2) is 22.6 Å². The van der Waals surface area contributed by atoms with Crippen LogP contribution >= 0.6 is 0 Å². The van der Waals surface area contributed by atoms with Crippen molar-refractivity contribution >= 4 is 11.9 Å². The third-order valence-corrected chi connectivity index (χ3v) is 2.72. The molecular formula is C11H18N4O2. The van der Waals surface area contributed by atoms with Gasteiger partial charge in [-0.1, -0.05) is 11.5 Å². The molecule has 0 unspecified atom stereocenters. The van der Waals surface area contributed by atoms with E-state index < -0.39 is 0 Å². The van der Waals surface area contributed by atoms with E-state index in [0.29, 0.717) is 24.8 Å². The molecule has 1 heterocycles. The number of anilines is 1. The molecule has 0 spiro atoms. The first-order valence-electron chi connectivity index (χ1n) is 6.13. The molecule has 0 bridgehead atoms. The van der Waals surface area contributed by atoms with Crippen LogP contribution < -0.4 is 11.1 Å². The van der Waals surface area contributed by atoms with Crippen molar-refractivity contribution in [2.45, 2.75) is 44.4 Å². The Kier molecular flexibility index (Phi) is 4.08. The highest BCUT2D eigenvalue weighted by Crippen LogP contribution is 2.39. The first-order valence-corrected chi connectivity index (χ1v) is 6.13. The number of hydrogen-bond donors (Lipinski definition) is 2. The Labute approximate surface area is 100.0 Å². The van der Waals surface area contributed by atoms with E-state index in [0.717, 1.165) is 32.1 Å². The lowest BCUT2D eigenvalue weighted by atomic mass is 10.2. The first kappa shape index (κ1) is 12.0. The van der Waals surface area contributed by atoms with Gasteiger partial charge in [0.05, 0.1) is 0 Å². The summed E-state index contributed by atoms with van der Waals surface area (Å²) in [5, 5.41) is 10.3. The van der Waals surface area contributed by atoms with Crippen molar-refractivity contribution in [2.75, 3.05) is 11.9 Å². The molecule has 6 nitrogen and oxygen atoms in total. The molecule has 1 amide bonds. The minimum atomic E-state index is -0.0759. The molecule has 1 fully saturated rings. The highest BCUT2D eigenvalue weighted by molar-refractivity contribution is 5.88. The summed E-state index contributed by atoms with van der Waals surface area (Å²) in [5.41, 5.74) is 5.37. The number of rotatable bonds is 7. The molecule has 6 heteroatoms. The summed E-state index contributed by atoms with van der Waals surface area (Å²) < 4.78 is 5.33. The molecule has 1 aliphatic carbocycles. The zero-order chi connectivity index (χ0) is 12.1. The number of unbranched alkanes of at least 4 members (excludes halogenated alkanes) is 2. The Morgan fingerprint density at radius 2 is 2.18 bits per heavy atom. The lowest BCUT2D eigenvalue weighted by Crippen LogP contribution is -2.11. The summed E-state index contributed by atoms with van der Waals surface area (Å²) in [7, 11) is 0. The predicted octanol–water partition coefficient (Wildman–Crippen LogP) is 1.40. The predicted molar refractivity (Wildman–Crippen MR) is 62.4 cm³/mol. The van der Waals surface area contributed by atoms with E-state index in [2.05, 4.69) is 15.5 Å². The smallest absolute Gasteiger partial charge is 0.322 e. The van der Waals surface area contributed by atoms with Crippen LogP contribution in [0.5, 0.6) is 0 Å². The van der Waals surface area contributed by atoms with Crippen LogP contribution in [0.25, 0.3) is 0 Å². The SMILES string of the molecule is NCCCCCC(=O)Nc1nnc(C2CC2)o1. The van der Waals surface area contributed by atoms with Gasteiger partial charge >= 0.3 is 6.01 Å². The van der Waals surface area contributed by atoms with E-state index in [1.807, 2.05) is 0 Å². The number of hydrogen-bond acceptors (Lipinski definition) is 5. The molecule has 1 saturated carbocycles. The van der Waals surface area contributed by atoms with Crippen LogP contribution in [0.2, 0.25) is 0 Å². The van der Waals surface area contributed by atoms with E-state index in [1.165, 1.54) is 0 Å². The summed E-state index contributed by atoms with van der Waals surface area (Å²) in [6, 6.07) is 0.218. The van der Waals surface area contributed by atoms with Gasteiger partial charge in [-0.15, -0.1) is 5.10 Å². The Morgan fingerprint density at radius 3 is 2.88 bits per heavy atom. The average molecular weight is 238 g/mol. The van der Waals surface area contributed by atoms with Gasteiger partial charge in [0.25, 0.3) is 0 Å². The minimum absolute atomic E-state index is 0.0759. The van der Waals surface area contributed by atoms with Gasteiger partial charge in [-0.25, -0.2) is 0 Å². The molecule has 1 aromatic rings. The molecule has 1 aromatic heterocycles. The van der Waals surface area contributed by atoms with Crippen molar-refractivity contribution in [1.82, 2.24) is 10.2 Å². The van der Waals surface area contributed by atoms with Gasteiger partial charge in [-0.3, -0.25) is 10.1 Å². The minimum Gasteiger partial charge on any atom is -0.408 e. The van der Waals surface area contributed by atoms with E-state index in [9.17, 15) is 4.79 Å². The number of nitrogens with zero attached hydrogens (tertiary/aromatic N) is 2. The molecule has 0 aromatic carbocycles. The Balaban J connectivity index is 1.69. The zero-order valence-corrected chi connectivity index (χ0v) is 9.82. The number of amides is 1. The molecule has 17 heavy (non-hydrogen) atoms. The number of aromatic nitrogens is 2. The topological polar surface area (TPSA) is 94.0 Å². The first-order chi connectivity index (χ1) is 8.29. The largest absolute Gasteiger partial charge is 0.408 e. The van der Waals surface area contributed by atoms with Gasteiger partial charge in [-0.05, 0) is 32.2 Å². The van der Waals surface area contributed by atoms with Crippen LogP contribution in [0.1, 0.15) is 50.3 Å². The fourth-order valence-corrected chi connectivity index (χ4v) is 1.57. The Morgan fingerprint density at radius 1 is 1.35 bits per heavy atom. The fraction of sp³-hybridized carbons (Fsp3) is 0.727. The van der Waals surface area contributed by atoms with E-state index in [-0.39, 0.29) is 11.9 Å². The molecule has 0 aliphatic heterocycles. The van der Waals surface area contributed by atoms with Gasteiger partial charge in [-0.2, -0.15) is 0 Å². The molecular weight excluding hydrogens is 220 g/mol. The number of nitrogens with two attached hydrogens (primary N) is 1. The lowest BCUT2D eigenvalue weighted by molar-refractivity contribution is -0.116. The lowest BCUT2D eigenvalue weighted by Gasteiger charge is -1.99. The normalized spacial score (nSPS) is 14.9. The van der Waals surface area contributed by atoms with Gasteiger partial charge in [0.1, 0.15) is 0 Å². The molecule has 2 rings (SSSR count). The number of nitrogens with one attached hydrogen (secondary N) is 1. The third-order valence-electron chi connectivity index (χ3n) is 2.72. The number of carbonyl (C=O) groups is 1. The zero-order valence-electron chi connectivity index (χ0n) is 9.82. The monoisotopic (exact) mass is 238 g/mol. The second kappa shape index (κ2) is 5.77. The van der Waals surface area contributed by atoms with E-state index >= 15 is 0 Å². The van der Waals surface area contributed by atoms with E-state index in [1.54, 1.807) is 0 Å². The quantitative estimate of drug-likeness (QED) is 0.700. The second-order valence-electron chi connectivity index (χ2n) is 4.37. The van der Waals surface area contributed by atoms with Crippen LogP contribution in [0, 0.1) is 0 Å². The summed E-state index contributed by atoms with van der Waals surface area (Å²) in [6.07, 6.45) is 5.46. The fourth-order valence-electron chi connectivity index (χ4n) is 1.57. The van der Waals surface area contributed by atoms with Crippen molar-refractivity contribution in [3.8, 4) is 0 Å². The van der Waals surface area contributed by atoms with Crippen molar-refractivity contribution < 1.29 is 9.21 Å². The molecule has 1 aliphatic rings. The molecule has 0 atom stereocenters. The van der Waals surface area contributed by atoms with Crippen molar-refractivity contribution in [3.05, 3.63) is 5.89 Å². The summed E-state index contributed by atoms with van der Waals surface area (Å²) >= 11 is 0. The highest BCUT2D eigenvalue weighted by Gasteiger charge is 2.29. The molecule has 3 N–H and O–H groups in total. The molecule has 0 radical (unpaired) electrons. The summed E-state index contributed by atoms with van der Waals surface area (Å²) in [5.74, 6) is 0.981. The van der Waals surface area contributed by atoms with Crippen molar-refractivity contribution in [1.29, 1.82) is 0 Å². The molecule has 0 saturated heterocycles. The standard InChI is InChI=1S/C11H18N4O2/c12-7-3-1-2-4-9(16)13-11-15-14-10(17-11)8-5-6-8/h8H,1-7,12H2,(H,13,15,16). The Bertz CT molecular complexity index is 373. The van der Waals surface area contributed by atoms with Gasteiger partial charge in [0, 0.05) is 12.3 Å². The summed E-state index contributed by atoms with van der Waals surface area (Å²) in [6.45, 7) is 0.677. The number of carbonyl (C=O) groups excluding carboxylic acids is 1. The maximum absolute atomic E-state index is 11.5. The van der Waals surface area contributed by atoms with E-state index in [4.69, 9.17) is 10.2 Å². The van der Waals surface area contributed by atoms with Crippen LogP contribution in [0.4, 0.5) is 6.01 Å². The van der Waals surface area contributed by atoms with Gasteiger partial charge < -0.3 is 10.2 Å². The average Bonchev–Trinajstić information content (AvgIpc) is 3.07. The maximum atomic E-state index is 11.5. The second-order valence-corrected chi connectivity index (χ2v) is 4.37. The highest BCUT2D eigenvalue weighted by atomic mass is 16.4. The van der Waals surface area contributed by atoms with Crippen LogP contribution in [-0.2, 0) is 4.79 Å². The molecule has 94 valence electrons. The maximum Gasteiger partial charge on any atom is 0.322 e. The van der Waals surface area contributed by atoms with Crippen molar-refractivity contribution in [2.24, 2.45) is 5.73 Å². The third kappa shape index (κ3) is 3.81. The van der Waals surface area contributed by atoms with Crippen LogP contribution in [0.15, 0.2) is 4.42 Å². The van der Waals surface area contributed by atoms with Crippen molar-refractivity contribution in [3.63, 3.8) is 0 Å². The van der Waals surface area contributed by atoms with Crippen LogP contribution in [0.3, 0.4) is 0 Å². The van der Waals surface area contributed by atoms with Gasteiger partial charge in [0.15, 0.2) is 0 Å². The Hall–Kier alpha value is -1.43. The summed E-state index contributed by atoms with van der Waals surface area (Å²) in [4.78, 5) is 11.5. The van der Waals surface area contributed by atoms with Gasteiger partial charge in [0.2, 0.25) is 11.8 Å².